The predicted octanol–water partition coefficient (Wildman–Crippen LogP) is 2.03. The van der Waals surface area contributed by atoms with Crippen LogP contribution in [0.4, 0.5) is 13.2 Å². The summed E-state index contributed by atoms with van der Waals surface area (Å²) in [7, 11) is -2.81. The van der Waals surface area contributed by atoms with Crippen molar-refractivity contribution in [3.8, 4) is 0 Å². The molecule has 0 aliphatic heterocycles. The van der Waals surface area contributed by atoms with E-state index in [-0.39, 0.29) is 11.4 Å². The lowest BCUT2D eigenvalue weighted by Gasteiger charge is -2.20. The standard InChI is InChI=1S/C12H17F3N2O2S/c1-9-10(8-16)4-3-5-11(9)20(18,19)17(2)7-6-12(13,14)15/h3-5H,6-8,16H2,1-2H3. The Morgan fingerprint density at radius 1 is 1.30 bits per heavy atom. The van der Waals surface area contributed by atoms with Gasteiger partial charge in [0.25, 0.3) is 0 Å². The summed E-state index contributed by atoms with van der Waals surface area (Å²) >= 11 is 0. The van der Waals surface area contributed by atoms with Crippen LogP contribution in [0.1, 0.15) is 17.5 Å². The third-order valence-corrected chi connectivity index (χ3v) is 5.02. The highest BCUT2D eigenvalue weighted by molar-refractivity contribution is 7.89. The van der Waals surface area contributed by atoms with Crippen LogP contribution in [0, 0.1) is 6.92 Å². The van der Waals surface area contributed by atoms with Crippen LogP contribution >= 0.6 is 0 Å². The van der Waals surface area contributed by atoms with Crippen LogP contribution in [0.25, 0.3) is 0 Å². The Morgan fingerprint density at radius 3 is 2.40 bits per heavy atom. The minimum Gasteiger partial charge on any atom is -0.326 e. The molecule has 4 nitrogen and oxygen atoms in total. The van der Waals surface area contributed by atoms with Crippen molar-refractivity contribution in [2.24, 2.45) is 5.73 Å². The lowest BCUT2D eigenvalue weighted by molar-refractivity contribution is -0.135. The van der Waals surface area contributed by atoms with Gasteiger partial charge < -0.3 is 5.73 Å². The van der Waals surface area contributed by atoms with E-state index in [0.717, 1.165) is 7.05 Å². The first-order valence-corrected chi connectivity index (χ1v) is 7.35. The van der Waals surface area contributed by atoms with Crippen molar-refractivity contribution in [3.63, 3.8) is 0 Å². The van der Waals surface area contributed by atoms with Gasteiger partial charge in [-0.2, -0.15) is 13.2 Å². The Kier molecular flexibility index (Phi) is 5.17. The molecule has 1 aromatic carbocycles. The molecule has 0 aromatic heterocycles. The average Bonchev–Trinajstić information content (AvgIpc) is 2.35. The second kappa shape index (κ2) is 6.11. The third kappa shape index (κ3) is 3.94. The zero-order valence-electron chi connectivity index (χ0n) is 11.2. The first-order valence-electron chi connectivity index (χ1n) is 5.91. The Hall–Kier alpha value is -1.12. The summed E-state index contributed by atoms with van der Waals surface area (Å²) < 4.78 is 61.7. The molecule has 20 heavy (non-hydrogen) atoms. The van der Waals surface area contributed by atoms with E-state index in [1.54, 1.807) is 13.0 Å². The monoisotopic (exact) mass is 310 g/mol. The van der Waals surface area contributed by atoms with Crippen molar-refractivity contribution >= 4 is 10.0 Å². The van der Waals surface area contributed by atoms with Crippen LogP contribution in [0.3, 0.4) is 0 Å². The van der Waals surface area contributed by atoms with E-state index in [9.17, 15) is 21.6 Å². The average molecular weight is 310 g/mol. The number of halogens is 3. The summed E-state index contributed by atoms with van der Waals surface area (Å²) in [6.07, 6.45) is -5.57. The van der Waals surface area contributed by atoms with Crippen LogP contribution in [-0.4, -0.2) is 32.5 Å². The third-order valence-electron chi connectivity index (χ3n) is 3.01. The number of hydrogen-bond donors (Lipinski definition) is 1. The highest BCUT2D eigenvalue weighted by Crippen LogP contribution is 2.24. The van der Waals surface area contributed by atoms with Gasteiger partial charge in [-0.15, -0.1) is 0 Å². The van der Waals surface area contributed by atoms with Crippen molar-refractivity contribution < 1.29 is 21.6 Å². The number of nitrogens with zero attached hydrogens (tertiary/aromatic N) is 1. The molecule has 114 valence electrons. The van der Waals surface area contributed by atoms with Gasteiger partial charge in [0, 0.05) is 20.1 Å². The maximum atomic E-state index is 12.3. The molecule has 0 unspecified atom stereocenters. The molecular formula is C12H17F3N2O2S. The number of hydrogen-bond acceptors (Lipinski definition) is 3. The summed E-state index contributed by atoms with van der Waals surface area (Å²) in [5, 5.41) is 0. The first-order chi connectivity index (χ1) is 9.09. The van der Waals surface area contributed by atoms with Crippen LogP contribution in [0.15, 0.2) is 23.1 Å². The van der Waals surface area contributed by atoms with Gasteiger partial charge in [-0.3, -0.25) is 0 Å². The number of nitrogens with two attached hydrogens (primary N) is 1. The number of benzene rings is 1. The fourth-order valence-corrected chi connectivity index (χ4v) is 3.17. The van der Waals surface area contributed by atoms with Gasteiger partial charge >= 0.3 is 6.18 Å². The lowest BCUT2D eigenvalue weighted by Crippen LogP contribution is -2.31. The van der Waals surface area contributed by atoms with E-state index in [1.807, 2.05) is 0 Å². The maximum Gasteiger partial charge on any atom is 0.390 e. The molecule has 0 heterocycles. The lowest BCUT2D eigenvalue weighted by atomic mass is 10.1. The predicted molar refractivity (Wildman–Crippen MR) is 69.6 cm³/mol. The molecule has 0 amide bonds. The molecule has 0 saturated heterocycles. The molecule has 0 saturated carbocycles. The van der Waals surface area contributed by atoms with Crippen molar-refractivity contribution in [1.82, 2.24) is 4.31 Å². The van der Waals surface area contributed by atoms with E-state index >= 15 is 0 Å². The van der Waals surface area contributed by atoms with Gasteiger partial charge in [0.05, 0.1) is 11.3 Å². The van der Waals surface area contributed by atoms with Crippen LogP contribution < -0.4 is 5.73 Å². The molecule has 0 fully saturated rings. The quantitative estimate of drug-likeness (QED) is 0.905. The molecule has 0 atom stereocenters. The Labute approximate surface area is 116 Å². The van der Waals surface area contributed by atoms with Gasteiger partial charge in [-0.05, 0) is 24.1 Å². The summed E-state index contributed by atoms with van der Waals surface area (Å²) in [5.74, 6) is 0. The molecule has 1 aromatic rings. The number of rotatable bonds is 5. The minimum absolute atomic E-state index is 0.00914. The van der Waals surface area contributed by atoms with Crippen molar-refractivity contribution in [1.29, 1.82) is 0 Å². The fourth-order valence-electron chi connectivity index (χ4n) is 1.73. The highest BCUT2D eigenvalue weighted by atomic mass is 32.2. The van der Waals surface area contributed by atoms with E-state index in [2.05, 4.69) is 0 Å². The normalized spacial score (nSPS) is 12.9. The van der Waals surface area contributed by atoms with Crippen LogP contribution in [0.5, 0.6) is 0 Å². The van der Waals surface area contributed by atoms with Gasteiger partial charge in [0.2, 0.25) is 10.0 Å². The van der Waals surface area contributed by atoms with Gasteiger partial charge in [0.1, 0.15) is 0 Å². The molecule has 1 rings (SSSR count). The van der Waals surface area contributed by atoms with Gasteiger partial charge in [0.15, 0.2) is 0 Å². The first kappa shape index (κ1) is 16.9. The molecular weight excluding hydrogens is 293 g/mol. The largest absolute Gasteiger partial charge is 0.390 e. The highest BCUT2D eigenvalue weighted by Gasteiger charge is 2.31. The molecule has 0 bridgehead atoms. The molecule has 8 heteroatoms. The van der Waals surface area contributed by atoms with Crippen LogP contribution in [-0.2, 0) is 16.6 Å². The smallest absolute Gasteiger partial charge is 0.326 e. The summed E-state index contributed by atoms with van der Waals surface area (Å²) in [6.45, 7) is 1.15. The molecule has 0 aliphatic carbocycles. The van der Waals surface area contributed by atoms with E-state index in [1.165, 1.54) is 12.1 Å². The van der Waals surface area contributed by atoms with E-state index in [4.69, 9.17) is 5.73 Å². The minimum atomic E-state index is -4.39. The maximum absolute atomic E-state index is 12.3. The van der Waals surface area contributed by atoms with E-state index in [0.29, 0.717) is 15.4 Å². The van der Waals surface area contributed by atoms with E-state index < -0.39 is 29.2 Å². The molecule has 0 radical (unpaired) electrons. The van der Waals surface area contributed by atoms with Crippen LogP contribution in [0.2, 0.25) is 0 Å². The van der Waals surface area contributed by atoms with Crippen molar-refractivity contribution in [2.45, 2.75) is 31.0 Å². The Bertz CT molecular complexity index is 571. The topological polar surface area (TPSA) is 63.4 Å². The second-order valence-electron chi connectivity index (χ2n) is 4.44. The Balaban J connectivity index is 3.05. The summed E-state index contributed by atoms with van der Waals surface area (Å²) in [6, 6.07) is 4.58. The summed E-state index contributed by atoms with van der Waals surface area (Å²) in [4.78, 5) is -0.00914. The summed E-state index contributed by atoms with van der Waals surface area (Å²) in [5.41, 5.74) is 6.61. The second-order valence-corrected chi connectivity index (χ2v) is 6.45. The molecule has 0 aliphatic rings. The zero-order valence-corrected chi connectivity index (χ0v) is 12.1. The Morgan fingerprint density at radius 2 is 1.90 bits per heavy atom. The fraction of sp³-hybridized carbons (Fsp3) is 0.500. The molecule has 2 N–H and O–H groups in total. The van der Waals surface area contributed by atoms with Crippen molar-refractivity contribution in [2.75, 3.05) is 13.6 Å². The van der Waals surface area contributed by atoms with Gasteiger partial charge in [-0.25, -0.2) is 12.7 Å². The van der Waals surface area contributed by atoms with Crippen molar-refractivity contribution in [3.05, 3.63) is 29.3 Å². The van der Waals surface area contributed by atoms with Gasteiger partial charge in [-0.1, -0.05) is 12.1 Å². The molecule has 0 spiro atoms. The SMILES string of the molecule is Cc1c(CN)cccc1S(=O)(=O)N(C)CCC(F)(F)F. The zero-order chi connectivity index (χ0) is 15.6. The number of alkyl halides is 3. The number of sulfonamides is 1.